The predicted octanol–water partition coefficient (Wildman–Crippen LogP) is 1.16. The van der Waals surface area contributed by atoms with Crippen molar-refractivity contribution in [3.8, 4) is 11.4 Å². The fourth-order valence-electron chi connectivity index (χ4n) is 2.84. The van der Waals surface area contributed by atoms with Crippen LogP contribution in [0.4, 0.5) is 4.79 Å². The molecule has 0 saturated carbocycles. The van der Waals surface area contributed by atoms with Gasteiger partial charge in [0.15, 0.2) is 9.84 Å². The van der Waals surface area contributed by atoms with Gasteiger partial charge in [-0.05, 0) is 24.3 Å². The molecule has 0 atom stereocenters. The number of piperidine rings is 1. The molecule has 1 N–H and O–H groups in total. The zero-order chi connectivity index (χ0) is 19.6. The summed E-state index contributed by atoms with van der Waals surface area (Å²) in [6.07, 6.45) is 2.49. The van der Waals surface area contributed by atoms with Crippen molar-refractivity contribution in [1.29, 1.82) is 0 Å². The van der Waals surface area contributed by atoms with Crippen molar-refractivity contribution in [1.82, 2.24) is 14.7 Å². The summed E-state index contributed by atoms with van der Waals surface area (Å²) >= 11 is 0. The van der Waals surface area contributed by atoms with E-state index >= 15 is 0 Å². The Labute approximate surface area is 155 Å². The summed E-state index contributed by atoms with van der Waals surface area (Å²) in [5.41, 5.74) is 0.0243. The first-order chi connectivity index (χ1) is 12.7. The van der Waals surface area contributed by atoms with E-state index in [0.29, 0.717) is 37.4 Å². The third-order valence-electron chi connectivity index (χ3n) is 4.30. The molecular weight excluding hydrogens is 374 g/mol. The van der Waals surface area contributed by atoms with Gasteiger partial charge in [0.25, 0.3) is 5.56 Å². The molecule has 0 spiro atoms. The van der Waals surface area contributed by atoms with Gasteiger partial charge >= 0.3 is 6.09 Å². The lowest BCUT2D eigenvalue weighted by molar-refractivity contribution is 0.0890. The highest BCUT2D eigenvalue weighted by Gasteiger charge is 2.23. The molecule has 9 nitrogen and oxygen atoms in total. The molecule has 2 aromatic rings. The smallest absolute Gasteiger partial charge is 0.407 e. The zero-order valence-electron chi connectivity index (χ0n) is 14.6. The Morgan fingerprint density at radius 3 is 2.37 bits per heavy atom. The molecule has 0 unspecified atom stereocenters. The van der Waals surface area contributed by atoms with Crippen LogP contribution >= 0.6 is 0 Å². The maximum atomic E-state index is 12.3. The predicted molar refractivity (Wildman–Crippen MR) is 96.2 cm³/mol. The second-order valence-electron chi connectivity index (χ2n) is 6.29. The number of amides is 1. The number of likely N-dealkylation sites (tertiary alicyclic amines) is 1. The fraction of sp³-hybridized carbons (Fsp3) is 0.353. The summed E-state index contributed by atoms with van der Waals surface area (Å²) in [7, 11) is -3.31. The summed E-state index contributed by atoms with van der Waals surface area (Å²) in [5.74, 6) is 0.317. The monoisotopic (exact) mass is 393 g/mol. The second kappa shape index (κ2) is 7.39. The zero-order valence-corrected chi connectivity index (χ0v) is 15.4. The van der Waals surface area contributed by atoms with E-state index in [1.165, 1.54) is 41.4 Å². The van der Waals surface area contributed by atoms with Crippen LogP contribution in [0.3, 0.4) is 0 Å². The lowest BCUT2D eigenvalue weighted by Gasteiger charge is -2.30. The second-order valence-corrected chi connectivity index (χ2v) is 8.31. The molecule has 1 aromatic carbocycles. The number of sulfone groups is 1. The van der Waals surface area contributed by atoms with Crippen LogP contribution in [0.1, 0.15) is 12.8 Å². The number of carbonyl (C=O) groups is 1. The average molecular weight is 393 g/mol. The van der Waals surface area contributed by atoms with Crippen LogP contribution < -0.4 is 10.3 Å². The SMILES string of the molecule is CS(=O)(=O)c1ccc(-n2ncc(OC3CCN(C(=O)O)CC3)cc2=O)cc1. The molecule has 10 heteroatoms. The minimum atomic E-state index is -3.31. The Morgan fingerprint density at radius 1 is 1.22 bits per heavy atom. The number of benzene rings is 1. The van der Waals surface area contributed by atoms with Gasteiger partial charge in [0, 0.05) is 38.3 Å². The average Bonchev–Trinajstić information content (AvgIpc) is 2.62. The van der Waals surface area contributed by atoms with E-state index in [9.17, 15) is 18.0 Å². The molecule has 144 valence electrons. The fourth-order valence-corrected chi connectivity index (χ4v) is 3.47. The number of rotatable bonds is 4. The van der Waals surface area contributed by atoms with Crippen LogP contribution in [0.25, 0.3) is 5.69 Å². The number of hydrogen-bond acceptors (Lipinski definition) is 6. The lowest BCUT2D eigenvalue weighted by atomic mass is 10.1. The highest BCUT2D eigenvalue weighted by atomic mass is 32.2. The molecule has 0 bridgehead atoms. The molecule has 3 rings (SSSR count). The summed E-state index contributed by atoms with van der Waals surface area (Å²) in [4.78, 5) is 24.7. The van der Waals surface area contributed by atoms with Gasteiger partial charge in [0.05, 0.1) is 16.8 Å². The van der Waals surface area contributed by atoms with Gasteiger partial charge in [-0.25, -0.2) is 13.2 Å². The van der Waals surface area contributed by atoms with Crippen LogP contribution in [0, 0.1) is 0 Å². The number of nitrogens with zero attached hydrogens (tertiary/aromatic N) is 3. The van der Waals surface area contributed by atoms with Gasteiger partial charge in [0.1, 0.15) is 11.9 Å². The van der Waals surface area contributed by atoms with Crippen molar-refractivity contribution in [3.63, 3.8) is 0 Å². The first kappa shape index (κ1) is 18.9. The molecule has 1 aliphatic heterocycles. The Bertz CT molecular complexity index is 992. The van der Waals surface area contributed by atoms with E-state index in [1.807, 2.05) is 0 Å². The Hall–Kier alpha value is -2.88. The summed E-state index contributed by atoms with van der Waals surface area (Å²) in [6, 6.07) is 7.15. The highest BCUT2D eigenvalue weighted by molar-refractivity contribution is 7.90. The summed E-state index contributed by atoms with van der Waals surface area (Å²) in [6.45, 7) is 0.772. The normalized spacial score (nSPS) is 15.5. The van der Waals surface area contributed by atoms with E-state index in [1.54, 1.807) is 0 Å². The number of carboxylic acid groups (broad SMARTS) is 1. The highest BCUT2D eigenvalue weighted by Crippen LogP contribution is 2.18. The molecule has 1 saturated heterocycles. The van der Waals surface area contributed by atoms with E-state index in [4.69, 9.17) is 9.84 Å². The molecule has 1 fully saturated rings. The Balaban J connectivity index is 1.71. The van der Waals surface area contributed by atoms with Crippen molar-refractivity contribution >= 4 is 15.9 Å². The molecule has 1 amide bonds. The maximum Gasteiger partial charge on any atom is 0.407 e. The minimum Gasteiger partial charge on any atom is -0.488 e. The van der Waals surface area contributed by atoms with E-state index in [0.717, 1.165) is 10.9 Å². The molecule has 1 aliphatic rings. The minimum absolute atomic E-state index is 0.159. The van der Waals surface area contributed by atoms with Gasteiger partial charge in [-0.15, -0.1) is 0 Å². The third kappa shape index (κ3) is 4.45. The van der Waals surface area contributed by atoms with Crippen LogP contribution in [0.15, 0.2) is 46.2 Å². The van der Waals surface area contributed by atoms with Gasteiger partial charge in [0.2, 0.25) is 0 Å². The van der Waals surface area contributed by atoms with Crippen LogP contribution in [0.2, 0.25) is 0 Å². The van der Waals surface area contributed by atoms with Crippen molar-refractivity contribution in [3.05, 3.63) is 46.9 Å². The largest absolute Gasteiger partial charge is 0.488 e. The van der Waals surface area contributed by atoms with Crippen LogP contribution in [0.5, 0.6) is 5.75 Å². The van der Waals surface area contributed by atoms with Crippen molar-refractivity contribution in [2.45, 2.75) is 23.8 Å². The molecule has 27 heavy (non-hydrogen) atoms. The molecular formula is C17H19N3O6S. The Morgan fingerprint density at radius 2 is 1.85 bits per heavy atom. The lowest BCUT2D eigenvalue weighted by Crippen LogP contribution is -2.41. The Kier molecular flexibility index (Phi) is 5.17. The number of aromatic nitrogens is 2. The number of hydrogen-bond donors (Lipinski definition) is 1. The van der Waals surface area contributed by atoms with E-state index < -0.39 is 21.5 Å². The summed E-state index contributed by atoms with van der Waals surface area (Å²) in [5, 5.41) is 13.0. The van der Waals surface area contributed by atoms with E-state index in [-0.39, 0.29) is 11.0 Å². The summed E-state index contributed by atoms with van der Waals surface area (Å²) < 4.78 is 29.9. The third-order valence-corrected chi connectivity index (χ3v) is 5.43. The molecule has 2 heterocycles. The van der Waals surface area contributed by atoms with Crippen LogP contribution in [-0.4, -0.2) is 59.7 Å². The van der Waals surface area contributed by atoms with E-state index in [2.05, 4.69) is 5.10 Å². The quantitative estimate of drug-likeness (QED) is 0.828. The van der Waals surface area contributed by atoms with Crippen molar-refractivity contribution < 1.29 is 23.1 Å². The topological polar surface area (TPSA) is 119 Å². The van der Waals surface area contributed by atoms with Gasteiger partial charge in [-0.2, -0.15) is 9.78 Å². The van der Waals surface area contributed by atoms with Crippen molar-refractivity contribution in [2.24, 2.45) is 0 Å². The van der Waals surface area contributed by atoms with Gasteiger partial charge in [-0.3, -0.25) is 4.79 Å². The first-order valence-corrected chi connectivity index (χ1v) is 10.2. The maximum absolute atomic E-state index is 12.3. The van der Waals surface area contributed by atoms with Crippen LogP contribution in [-0.2, 0) is 9.84 Å². The molecule has 1 aromatic heterocycles. The number of ether oxygens (including phenoxy) is 1. The standard InChI is InChI=1S/C17H19N3O6S/c1-27(24,25)15-4-2-12(3-5-15)20-16(21)10-14(11-18-20)26-13-6-8-19(9-7-13)17(22)23/h2-5,10-11,13H,6-9H2,1H3,(H,22,23). The molecule has 0 radical (unpaired) electrons. The van der Waals surface area contributed by atoms with Crippen molar-refractivity contribution in [2.75, 3.05) is 19.3 Å². The van der Waals surface area contributed by atoms with Gasteiger partial charge < -0.3 is 14.7 Å². The first-order valence-electron chi connectivity index (χ1n) is 8.28. The molecule has 0 aliphatic carbocycles. The van der Waals surface area contributed by atoms with Gasteiger partial charge in [-0.1, -0.05) is 0 Å².